The van der Waals surface area contributed by atoms with Crippen LogP contribution >= 0.6 is 11.3 Å². The van der Waals surface area contributed by atoms with E-state index in [0.29, 0.717) is 6.54 Å². The summed E-state index contributed by atoms with van der Waals surface area (Å²) in [5, 5.41) is 14.0. The minimum absolute atomic E-state index is 0.172. The van der Waals surface area contributed by atoms with Gasteiger partial charge < -0.3 is 10.4 Å². The molecule has 1 aromatic rings. The van der Waals surface area contributed by atoms with Crippen molar-refractivity contribution >= 4 is 17.3 Å². The molecular formula is C14H24N2O2S. The maximum Gasteiger partial charge on any atom is 0.365 e. The molecule has 0 saturated heterocycles. The molecule has 0 aliphatic heterocycles. The number of rotatable bonds is 10. The molecule has 4 nitrogen and oxygen atoms in total. The second-order valence-electron chi connectivity index (χ2n) is 5.22. The lowest BCUT2D eigenvalue weighted by Crippen LogP contribution is -2.15. The molecule has 19 heavy (non-hydrogen) atoms. The molecule has 108 valence electrons. The maximum absolute atomic E-state index is 10.7. The van der Waals surface area contributed by atoms with Gasteiger partial charge in [-0.1, -0.05) is 39.5 Å². The monoisotopic (exact) mass is 284 g/mol. The normalized spacial score (nSPS) is 11.1. The smallest absolute Gasteiger partial charge is 0.365 e. The van der Waals surface area contributed by atoms with Crippen molar-refractivity contribution in [3.05, 3.63) is 16.1 Å². The van der Waals surface area contributed by atoms with Gasteiger partial charge in [0.2, 0.25) is 5.01 Å². The molecule has 0 amide bonds. The number of aromatic carboxylic acids is 1. The number of carboxylic acid groups (broad SMARTS) is 1. The van der Waals surface area contributed by atoms with Crippen molar-refractivity contribution in [3.8, 4) is 0 Å². The highest BCUT2D eigenvalue weighted by atomic mass is 32.1. The Labute approximate surface area is 119 Å². The number of nitrogens with zero attached hydrogens (tertiary/aromatic N) is 1. The van der Waals surface area contributed by atoms with E-state index in [9.17, 15) is 4.79 Å². The van der Waals surface area contributed by atoms with Crippen molar-refractivity contribution in [2.24, 2.45) is 5.92 Å². The number of aromatic nitrogens is 1. The first-order valence-corrected chi connectivity index (χ1v) is 7.86. The summed E-state index contributed by atoms with van der Waals surface area (Å²) in [7, 11) is 0. The van der Waals surface area contributed by atoms with E-state index >= 15 is 0 Å². The van der Waals surface area contributed by atoms with Crippen molar-refractivity contribution in [1.82, 2.24) is 10.3 Å². The molecule has 0 spiro atoms. The molecule has 0 fully saturated rings. The summed E-state index contributed by atoms with van der Waals surface area (Å²) < 4.78 is 0. The number of hydrogen-bond acceptors (Lipinski definition) is 4. The summed E-state index contributed by atoms with van der Waals surface area (Å²) >= 11 is 1.18. The van der Waals surface area contributed by atoms with Crippen molar-refractivity contribution in [3.63, 3.8) is 0 Å². The fourth-order valence-corrected chi connectivity index (χ4v) is 2.51. The molecule has 0 saturated carbocycles. The molecule has 0 unspecified atom stereocenters. The highest BCUT2D eigenvalue weighted by Crippen LogP contribution is 2.10. The summed E-state index contributed by atoms with van der Waals surface area (Å²) in [6.45, 7) is 6.17. The van der Waals surface area contributed by atoms with Crippen LogP contribution in [0.3, 0.4) is 0 Å². The van der Waals surface area contributed by atoms with Gasteiger partial charge in [0.25, 0.3) is 0 Å². The van der Waals surface area contributed by atoms with Crippen LogP contribution in [-0.2, 0) is 6.54 Å². The highest BCUT2D eigenvalue weighted by molar-refractivity contribution is 7.11. The molecule has 1 rings (SSSR count). The summed E-state index contributed by atoms with van der Waals surface area (Å²) in [6.07, 6.45) is 6.39. The first kappa shape index (κ1) is 16.1. The Hall–Kier alpha value is -0.940. The van der Waals surface area contributed by atoms with Gasteiger partial charge in [-0.25, -0.2) is 9.78 Å². The molecule has 0 aliphatic carbocycles. The van der Waals surface area contributed by atoms with Crippen LogP contribution in [0.4, 0.5) is 0 Å². The molecule has 0 atom stereocenters. The lowest BCUT2D eigenvalue weighted by molar-refractivity contribution is 0.0696. The fourth-order valence-electron chi connectivity index (χ4n) is 1.86. The minimum atomic E-state index is -0.943. The first-order chi connectivity index (χ1) is 9.09. The maximum atomic E-state index is 10.7. The highest BCUT2D eigenvalue weighted by Gasteiger charge is 2.07. The molecule has 0 bridgehead atoms. The second kappa shape index (κ2) is 9.04. The summed E-state index contributed by atoms with van der Waals surface area (Å²) in [5.41, 5.74) is 0.821. The number of nitrogens with one attached hydrogen (secondary N) is 1. The van der Waals surface area contributed by atoms with Gasteiger partial charge >= 0.3 is 5.97 Å². The van der Waals surface area contributed by atoms with Gasteiger partial charge in [-0.3, -0.25) is 0 Å². The number of carboxylic acids is 1. The topological polar surface area (TPSA) is 62.2 Å². The van der Waals surface area contributed by atoms with Crippen molar-refractivity contribution in [2.75, 3.05) is 6.54 Å². The van der Waals surface area contributed by atoms with Gasteiger partial charge in [0.05, 0.1) is 5.69 Å². The third kappa shape index (κ3) is 7.28. The Morgan fingerprint density at radius 1 is 1.37 bits per heavy atom. The Bertz CT molecular complexity index is 377. The Kier molecular flexibility index (Phi) is 7.67. The number of thiazole rings is 1. The third-order valence-electron chi connectivity index (χ3n) is 2.93. The van der Waals surface area contributed by atoms with Crippen LogP contribution in [0.15, 0.2) is 5.38 Å². The molecule has 0 aromatic carbocycles. The zero-order valence-corrected chi connectivity index (χ0v) is 12.6. The van der Waals surface area contributed by atoms with E-state index in [4.69, 9.17) is 5.11 Å². The van der Waals surface area contributed by atoms with Gasteiger partial charge in [0, 0.05) is 11.9 Å². The van der Waals surface area contributed by atoms with E-state index in [1.165, 1.54) is 43.4 Å². The Morgan fingerprint density at radius 3 is 2.74 bits per heavy atom. The molecular weight excluding hydrogens is 260 g/mol. The Balaban J connectivity index is 2.00. The SMILES string of the molecule is CC(C)CCCCCCNCc1csc(C(=O)O)n1. The van der Waals surface area contributed by atoms with Crippen LogP contribution in [0.2, 0.25) is 0 Å². The average molecular weight is 284 g/mol. The number of unbranched alkanes of at least 4 members (excludes halogenated alkanes) is 3. The fraction of sp³-hybridized carbons (Fsp3) is 0.714. The predicted molar refractivity (Wildman–Crippen MR) is 78.7 cm³/mol. The van der Waals surface area contributed by atoms with Crippen LogP contribution in [0.25, 0.3) is 0 Å². The van der Waals surface area contributed by atoms with E-state index in [2.05, 4.69) is 24.1 Å². The van der Waals surface area contributed by atoms with Gasteiger partial charge in [-0.15, -0.1) is 11.3 Å². The van der Waals surface area contributed by atoms with Gasteiger partial charge in [-0.2, -0.15) is 0 Å². The third-order valence-corrected chi connectivity index (χ3v) is 3.80. The number of carbonyl (C=O) groups is 1. The van der Waals surface area contributed by atoms with E-state index < -0.39 is 5.97 Å². The van der Waals surface area contributed by atoms with Crippen LogP contribution in [0, 0.1) is 5.92 Å². The van der Waals surface area contributed by atoms with Crippen LogP contribution in [0.1, 0.15) is 61.4 Å². The Morgan fingerprint density at radius 2 is 2.11 bits per heavy atom. The first-order valence-electron chi connectivity index (χ1n) is 6.98. The van der Waals surface area contributed by atoms with E-state index in [0.717, 1.165) is 18.2 Å². The zero-order chi connectivity index (χ0) is 14.1. The van der Waals surface area contributed by atoms with Crippen LogP contribution in [0.5, 0.6) is 0 Å². The molecule has 0 radical (unpaired) electrons. The average Bonchev–Trinajstić information content (AvgIpc) is 2.81. The predicted octanol–water partition coefficient (Wildman–Crippen LogP) is 3.54. The van der Waals surface area contributed by atoms with Gasteiger partial charge in [0.15, 0.2) is 0 Å². The van der Waals surface area contributed by atoms with E-state index in [-0.39, 0.29) is 5.01 Å². The van der Waals surface area contributed by atoms with Crippen molar-refractivity contribution < 1.29 is 9.90 Å². The summed E-state index contributed by atoms with van der Waals surface area (Å²) in [4.78, 5) is 14.7. The van der Waals surface area contributed by atoms with E-state index in [1.54, 1.807) is 5.38 Å². The van der Waals surface area contributed by atoms with Crippen molar-refractivity contribution in [1.29, 1.82) is 0 Å². The van der Waals surface area contributed by atoms with Crippen molar-refractivity contribution in [2.45, 2.75) is 52.5 Å². The molecule has 1 heterocycles. The van der Waals surface area contributed by atoms with Gasteiger partial charge in [0.1, 0.15) is 0 Å². The lowest BCUT2D eigenvalue weighted by atomic mass is 10.0. The quantitative estimate of drug-likeness (QED) is 0.645. The standard InChI is InChI=1S/C14H24N2O2S/c1-11(2)7-5-3-4-6-8-15-9-12-10-19-13(16-12)14(17)18/h10-11,15H,3-9H2,1-2H3,(H,17,18). The summed E-state index contributed by atoms with van der Waals surface area (Å²) in [5.74, 6) is -0.132. The van der Waals surface area contributed by atoms with Crippen LogP contribution < -0.4 is 5.32 Å². The molecule has 1 aromatic heterocycles. The van der Waals surface area contributed by atoms with Gasteiger partial charge in [-0.05, 0) is 18.9 Å². The largest absolute Gasteiger partial charge is 0.476 e. The zero-order valence-electron chi connectivity index (χ0n) is 11.8. The minimum Gasteiger partial charge on any atom is -0.476 e. The van der Waals surface area contributed by atoms with Crippen LogP contribution in [-0.4, -0.2) is 22.6 Å². The lowest BCUT2D eigenvalue weighted by Gasteiger charge is -2.05. The molecule has 5 heteroatoms. The van der Waals surface area contributed by atoms with E-state index in [1.807, 2.05) is 0 Å². The molecule has 0 aliphatic rings. The second-order valence-corrected chi connectivity index (χ2v) is 6.08. The number of hydrogen-bond donors (Lipinski definition) is 2. The molecule has 2 N–H and O–H groups in total. The summed E-state index contributed by atoms with van der Waals surface area (Å²) in [6, 6.07) is 0.